The molecule has 2 aliphatic rings. The third-order valence-corrected chi connectivity index (χ3v) is 6.53. The average Bonchev–Trinajstić information content (AvgIpc) is 3.35. The molecule has 0 radical (unpaired) electrons. The smallest absolute Gasteiger partial charge is 0.263 e. The van der Waals surface area contributed by atoms with E-state index < -0.39 is 22.0 Å². The van der Waals surface area contributed by atoms with E-state index in [2.05, 4.69) is 15.0 Å². The van der Waals surface area contributed by atoms with Gasteiger partial charge < -0.3 is 10.2 Å². The Hall–Kier alpha value is -3.20. The first-order valence-electron chi connectivity index (χ1n) is 9.75. The number of carbonyl (C=O) groups is 2. The Bertz CT molecular complexity index is 1140. The number of rotatable bonds is 4. The predicted octanol–water partition coefficient (Wildman–Crippen LogP) is 1.99. The summed E-state index contributed by atoms with van der Waals surface area (Å²) in [4.78, 5) is 31.4. The molecule has 2 aromatic rings. The molecule has 2 amide bonds. The molecule has 2 heterocycles. The first-order valence-corrected chi connectivity index (χ1v) is 11.2. The molecule has 0 unspecified atom stereocenters. The van der Waals surface area contributed by atoms with E-state index in [1.54, 1.807) is 54.3 Å². The molecule has 2 aliphatic heterocycles. The van der Waals surface area contributed by atoms with Crippen LogP contribution in [-0.4, -0.2) is 50.1 Å². The third-order valence-electron chi connectivity index (χ3n) is 5.14. The molecule has 30 heavy (non-hydrogen) atoms. The number of nitrogens with one attached hydrogen (secondary N) is 2. The summed E-state index contributed by atoms with van der Waals surface area (Å²) in [7, 11) is -3.66. The predicted molar refractivity (Wildman–Crippen MR) is 113 cm³/mol. The number of sulfonamides is 1. The highest BCUT2D eigenvalue weighted by Gasteiger charge is 2.31. The maximum atomic E-state index is 12.6. The molecular weight excluding hydrogens is 404 g/mol. The van der Waals surface area contributed by atoms with Crippen LogP contribution in [0, 0.1) is 0 Å². The Labute approximate surface area is 175 Å². The quantitative estimate of drug-likeness (QED) is 0.779. The van der Waals surface area contributed by atoms with Gasteiger partial charge in [0.2, 0.25) is 5.91 Å². The summed E-state index contributed by atoms with van der Waals surface area (Å²) in [6, 6.07) is 12.4. The van der Waals surface area contributed by atoms with E-state index in [1.807, 2.05) is 0 Å². The summed E-state index contributed by atoms with van der Waals surface area (Å²) >= 11 is 0. The minimum absolute atomic E-state index is 0.0474. The molecule has 1 fully saturated rings. The van der Waals surface area contributed by atoms with Gasteiger partial charge in [0, 0.05) is 29.9 Å². The number of anilines is 1. The van der Waals surface area contributed by atoms with Gasteiger partial charge in [-0.15, -0.1) is 0 Å². The average molecular weight is 426 g/mol. The third kappa shape index (κ3) is 3.93. The van der Waals surface area contributed by atoms with Crippen molar-refractivity contribution in [2.24, 2.45) is 4.99 Å². The summed E-state index contributed by atoms with van der Waals surface area (Å²) < 4.78 is 26.8. The zero-order chi connectivity index (χ0) is 21.3. The summed E-state index contributed by atoms with van der Waals surface area (Å²) in [5.74, 6) is -0.308. The van der Waals surface area contributed by atoms with Gasteiger partial charge in [0.25, 0.3) is 15.9 Å². The van der Waals surface area contributed by atoms with Crippen molar-refractivity contribution in [3.8, 4) is 0 Å². The number of likely N-dealkylation sites (tertiary alicyclic amines) is 1. The molecule has 0 aromatic heterocycles. The van der Waals surface area contributed by atoms with Crippen LogP contribution in [0.3, 0.4) is 0 Å². The van der Waals surface area contributed by atoms with Crippen LogP contribution in [-0.2, 0) is 14.8 Å². The SMILES string of the molecule is C[C@H](N=C1NS(=O)(=O)c2ccccc21)C(=O)Nc1cccc(C(=O)N2CCCC2)c1. The Kier molecular flexibility index (Phi) is 5.29. The van der Waals surface area contributed by atoms with Crippen LogP contribution in [0.25, 0.3) is 0 Å². The highest BCUT2D eigenvalue weighted by atomic mass is 32.2. The molecule has 0 spiro atoms. The van der Waals surface area contributed by atoms with Crippen molar-refractivity contribution in [1.82, 2.24) is 9.62 Å². The highest BCUT2D eigenvalue weighted by molar-refractivity contribution is 7.90. The maximum absolute atomic E-state index is 12.6. The highest BCUT2D eigenvalue weighted by Crippen LogP contribution is 2.23. The standard InChI is InChI=1S/C21H22N4O4S/c1-14(22-19-17-9-2-3-10-18(17)30(28,29)24-19)20(26)23-16-8-6-7-15(13-16)21(27)25-11-4-5-12-25/h2-3,6-10,13-14H,4-5,11-12H2,1H3,(H,22,24)(H,23,26)/t14-/m0/s1. The number of fused-ring (bicyclic) bond motifs is 1. The van der Waals surface area contributed by atoms with E-state index in [9.17, 15) is 18.0 Å². The molecule has 1 saturated heterocycles. The van der Waals surface area contributed by atoms with Crippen LogP contribution in [0.1, 0.15) is 35.7 Å². The van der Waals surface area contributed by atoms with Gasteiger partial charge in [0.15, 0.2) is 0 Å². The number of nitrogens with zero attached hydrogens (tertiary/aromatic N) is 2. The summed E-state index contributed by atoms with van der Waals surface area (Å²) in [6.07, 6.45) is 2.01. The van der Waals surface area contributed by atoms with E-state index in [4.69, 9.17) is 0 Å². The second-order valence-electron chi connectivity index (χ2n) is 7.32. The van der Waals surface area contributed by atoms with Crippen molar-refractivity contribution in [1.29, 1.82) is 0 Å². The van der Waals surface area contributed by atoms with E-state index in [0.717, 1.165) is 25.9 Å². The molecule has 0 aliphatic carbocycles. The Balaban J connectivity index is 1.49. The lowest BCUT2D eigenvalue weighted by Gasteiger charge is -2.16. The van der Waals surface area contributed by atoms with Crippen molar-refractivity contribution in [2.75, 3.05) is 18.4 Å². The fraction of sp³-hybridized carbons (Fsp3) is 0.286. The van der Waals surface area contributed by atoms with Gasteiger partial charge in [-0.1, -0.05) is 18.2 Å². The Morgan fingerprint density at radius 1 is 1.10 bits per heavy atom. The molecular formula is C21H22N4O4S. The molecule has 9 heteroatoms. The minimum Gasteiger partial charge on any atom is -0.339 e. The topological polar surface area (TPSA) is 108 Å². The summed E-state index contributed by atoms with van der Waals surface area (Å²) in [5, 5.41) is 2.75. The van der Waals surface area contributed by atoms with Crippen molar-refractivity contribution >= 4 is 33.4 Å². The number of hydrogen-bond acceptors (Lipinski definition) is 5. The number of amides is 2. The fourth-order valence-electron chi connectivity index (χ4n) is 3.56. The normalized spacial score (nSPS) is 19.2. The van der Waals surface area contributed by atoms with Gasteiger partial charge in [-0.2, -0.15) is 0 Å². The molecule has 2 N–H and O–H groups in total. The van der Waals surface area contributed by atoms with Crippen LogP contribution in [0.4, 0.5) is 5.69 Å². The van der Waals surface area contributed by atoms with E-state index in [-0.39, 0.29) is 16.6 Å². The monoisotopic (exact) mass is 426 g/mol. The zero-order valence-corrected chi connectivity index (χ0v) is 17.3. The number of hydrogen-bond donors (Lipinski definition) is 2. The lowest BCUT2D eigenvalue weighted by Crippen LogP contribution is -2.29. The van der Waals surface area contributed by atoms with Gasteiger partial charge in [0.05, 0.1) is 4.90 Å². The first kappa shape index (κ1) is 20.1. The summed E-state index contributed by atoms with van der Waals surface area (Å²) in [6.45, 7) is 3.08. The molecule has 156 valence electrons. The molecule has 0 bridgehead atoms. The minimum atomic E-state index is -3.66. The zero-order valence-electron chi connectivity index (χ0n) is 16.5. The van der Waals surface area contributed by atoms with Gasteiger partial charge in [-0.25, -0.2) is 8.42 Å². The van der Waals surface area contributed by atoms with Gasteiger partial charge in [0.1, 0.15) is 11.9 Å². The van der Waals surface area contributed by atoms with Crippen LogP contribution in [0.2, 0.25) is 0 Å². The number of aliphatic imine (C=N–C) groups is 1. The lowest BCUT2D eigenvalue weighted by atomic mass is 10.1. The van der Waals surface area contributed by atoms with Gasteiger partial charge in [-0.05, 0) is 50.1 Å². The molecule has 4 rings (SSSR count). The van der Waals surface area contributed by atoms with E-state index in [1.165, 1.54) is 6.07 Å². The molecule has 0 saturated carbocycles. The van der Waals surface area contributed by atoms with Crippen molar-refractivity contribution < 1.29 is 18.0 Å². The second-order valence-corrected chi connectivity index (χ2v) is 8.98. The lowest BCUT2D eigenvalue weighted by molar-refractivity contribution is -0.117. The van der Waals surface area contributed by atoms with Crippen LogP contribution in [0.5, 0.6) is 0 Å². The fourth-order valence-corrected chi connectivity index (χ4v) is 4.80. The van der Waals surface area contributed by atoms with Crippen LogP contribution >= 0.6 is 0 Å². The Morgan fingerprint density at radius 2 is 1.83 bits per heavy atom. The number of amidine groups is 1. The van der Waals surface area contributed by atoms with Gasteiger partial charge in [-0.3, -0.25) is 19.3 Å². The first-order chi connectivity index (χ1) is 14.3. The largest absolute Gasteiger partial charge is 0.339 e. The van der Waals surface area contributed by atoms with Crippen molar-refractivity contribution in [2.45, 2.75) is 30.7 Å². The van der Waals surface area contributed by atoms with Gasteiger partial charge >= 0.3 is 0 Å². The summed E-state index contributed by atoms with van der Waals surface area (Å²) in [5.41, 5.74) is 1.45. The Morgan fingerprint density at radius 3 is 2.60 bits per heavy atom. The van der Waals surface area contributed by atoms with Crippen LogP contribution in [0.15, 0.2) is 58.4 Å². The second kappa shape index (κ2) is 7.91. The molecule has 8 nitrogen and oxygen atoms in total. The van der Waals surface area contributed by atoms with Crippen molar-refractivity contribution in [3.63, 3.8) is 0 Å². The number of benzene rings is 2. The number of carbonyl (C=O) groups excluding carboxylic acids is 2. The van der Waals surface area contributed by atoms with Crippen molar-refractivity contribution in [3.05, 3.63) is 59.7 Å². The molecule has 1 atom stereocenters. The van der Waals surface area contributed by atoms with Crippen LogP contribution < -0.4 is 10.0 Å². The maximum Gasteiger partial charge on any atom is 0.263 e. The van der Waals surface area contributed by atoms with E-state index >= 15 is 0 Å². The molecule has 2 aromatic carbocycles. The van der Waals surface area contributed by atoms with E-state index in [0.29, 0.717) is 16.8 Å².